The van der Waals surface area contributed by atoms with Crippen molar-refractivity contribution in [3.05, 3.63) is 0 Å². The maximum Gasteiger partial charge on any atom is 0.223 e. The Bertz CT molecular complexity index is 240. The molecule has 0 aromatic heterocycles. The van der Waals surface area contributed by atoms with E-state index in [1.54, 1.807) is 0 Å². The van der Waals surface area contributed by atoms with E-state index in [1.165, 1.54) is 64.2 Å². The lowest BCUT2D eigenvalue weighted by atomic mass is 9.93. The van der Waals surface area contributed by atoms with Crippen molar-refractivity contribution in [3.63, 3.8) is 0 Å². The highest BCUT2D eigenvalue weighted by Crippen LogP contribution is 2.19. The van der Waals surface area contributed by atoms with Gasteiger partial charge in [0.05, 0.1) is 6.61 Å². The highest BCUT2D eigenvalue weighted by molar-refractivity contribution is 5.78. The predicted octanol–water partition coefficient (Wildman–Crippen LogP) is 5.21. The van der Waals surface area contributed by atoms with E-state index in [0.29, 0.717) is 6.54 Å². The van der Waals surface area contributed by atoms with Crippen LogP contribution in [0, 0.1) is 5.92 Å². The normalized spacial score (nSPS) is 11.1. The predicted molar refractivity (Wildman–Crippen MR) is 99.6 cm³/mol. The van der Waals surface area contributed by atoms with E-state index in [9.17, 15) is 4.79 Å². The molecule has 0 spiro atoms. The van der Waals surface area contributed by atoms with Gasteiger partial charge in [-0.15, -0.1) is 0 Å². The zero-order chi connectivity index (χ0) is 17.2. The number of aliphatic hydroxyl groups is 1. The average molecular weight is 328 g/mol. The fourth-order valence-electron chi connectivity index (χ4n) is 3.07. The number of hydrogen-bond acceptors (Lipinski definition) is 2. The molecule has 3 nitrogen and oxygen atoms in total. The summed E-state index contributed by atoms with van der Waals surface area (Å²) in [6.45, 7) is 4.90. The third-order valence-corrected chi connectivity index (χ3v) is 4.59. The van der Waals surface area contributed by atoms with Crippen LogP contribution in [-0.4, -0.2) is 24.2 Å². The zero-order valence-electron chi connectivity index (χ0n) is 15.7. The summed E-state index contributed by atoms with van der Waals surface area (Å²) in [6, 6.07) is 0. The zero-order valence-corrected chi connectivity index (χ0v) is 15.7. The lowest BCUT2D eigenvalue weighted by molar-refractivity contribution is -0.125. The molecule has 138 valence electrons. The van der Waals surface area contributed by atoms with Gasteiger partial charge in [0.2, 0.25) is 5.91 Å². The number of amides is 1. The lowest BCUT2D eigenvalue weighted by Gasteiger charge is -2.16. The van der Waals surface area contributed by atoms with Crippen LogP contribution in [0.5, 0.6) is 0 Å². The van der Waals surface area contributed by atoms with Gasteiger partial charge >= 0.3 is 0 Å². The van der Waals surface area contributed by atoms with Gasteiger partial charge in [-0.1, -0.05) is 90.9 Å². The Morgan fingerprint density at radius 3 is 1.65 bits per heavy atom. The number of carbonyl (C=O) groups is 1. The average Bonchev–Trinajstić information content (AvgIpc) is 2.56. The first-order valence-electron chi connectivity index (χ1n) is 10.1. The molecule has 23 heavy (non-hydrogen) atoms. The summed E-state index contributed by atoms with van der Waals surface area (Å²) in [6.07, 6.45) is 17.3. The van der Waals surface area contributed by atoms with Crippen molar-refractivity contribution in [2.24, 2.45) is 5.92 Å². The van der Waals surface area contributed by atoms with Crippen LogP contribution in [0.4, 0.5) is 0 Å². The summed E-state index contributed by atoms with van der Waals surface area (Å²) < 4.78 is 0. The molecule has 0 aliphatic heterocycles. The molecular weight excluding hydrogens is 286 g/mol. The van der Waals surface area contributed by atoms with Crippen molar-refractivity contribution in [3.8, 4) is 0 Å². The third kappa shape index (κ3) is 14.7. The van der Waals surface area contributed by atoms with E-state index in [2.05, 4.69) is 19.2 Å². The smallest absolute Gasteiger partial charge is 0.223 e. The molecule has 0 saturated carbocycles. The second-order valence-electron chi connectivity index (χ2n) is 6.82. The molecule has 0 fully saturated rings. The van der Waals surface area contributed by atoms with Crippen molar-refractivity contribution in [2.45, 2.75) is 104 Å². The molecule has 0 radical (unpaired) electrons. The molecule has 2 N–H and O–H groups in total. The number of carbonyl (C=O) groups excluding carboxylic acids is 1. The highest BCUT2D eigenvalue weighted by Gasteiger charge is 2.17. The first kappa shape index (κ1) is 22.4. The molecule has 0 atom stereocenters. The second kappa shape index (κ2) is 17.8. The molecule has 0 unspecified atom stereocenters. The molecule has 0 aliphatic carbocycles. The molecule has 3 heteroatoms. The van der Waals surface area contributed by atoms with Crippen LogP contribution in [0.15, 0.2) is 0 Å². The lowest BCUT2D eigenvalue weighted by Crippen LogP contribution is -2.32. The number of rotatable bonds is 17. The van der Waals surface area contributed by atoms with Gasteiger partial charge in [0.25, 0.3) is 0 Å². The first-order valence-corrected chi connectivity index (χ1v) is 10.1. The van der Waals surface area contributed by atoms with Crippen molar-refractivity contribution < 1.29 is 9.90 Å². The van der Waals surface area contributed by atoms with Crippen LogP contribution in [0.25, 0.3) is 0 Å². The second-order valence-corrected chi connectivity index (χ2v) is 6.82. The fourth-order valence-corrected chi connectivity index (χ4v) is 3.07. The summed E-state index contributed by atoms with van der Waals surface area (Å²) in [5, 5.41) is 11.7. The van der Waals surface area contributed by atoms with E-state index in [0.717, 1.165) is 25.7 Å². The van der Waals surface area contributed by atoms with Crippen LogP contribution >= 0.6 is 0 Å². The van der Waals surface area contributed by atoms with Crippen LogP contribution in [0.1, 0.15) is 104 Å². The van der Waals surface area contributed by atoms with Crippen LogP contribution in [-0.2, 0) is 4.79 Å². The van der Waals surface area contributed by atoms with Gasteiger partial charge in [-0.2, -0.15) is 0 Å². The van der Waals surface area contributed by atoms with Crippen molar-refractivity contribution >= 4 is 5.91 Å². The van der Waals surface area contributed by atoms with E-state index in [-0.39, 0.29) is 18.4 Å². The number of hydrogen-bond donors (Lipinski definition) is 2. The Labute approximate surface area is 144 Å². The van der Waals surface area contributed by atoms with Gasteiger partial charge in [0.15, 0.2) is 0 Å². The summed E-state index contributed by atoms with van der Waals surface area (Å²) in [7, 11) is 0. The largest absolute Gasteiger partial charge is 0.395 e. The molecule has 0 heterocycles. The van der Waals surface area contributed by atoms with Crippen molar-refractivity contribution in [1.29, 1.82) is 0 Å². The Hall–Kier alpha value is -0.570. The van der Waals surface area contributed by atoms with Gasteiger partial charge in [0, 0.05) is 12.5 Å². The molecule has 0 aromatic carbocycles. The van der Waals surface area contributed by atoms with Crippen molar-refractivity contribution in [2.75, 3.05) is 13.2 Å². The van der Waals surface area contributed by atoms with Gasteiger partial charge in [-0.25, -0.2) is 0 Å². The fraction of sp³-hybridized carbons (Fsp3) is 0.950. The minimum Gasteiger partial charge on any atom is -0.395 e. The Morgan fingerprint density at radius 1 is 0.783 bits per heavy atom. The summed E-state index contributed by atoms with van der Waals surface area (Å²) in [5.41, 5.74) is 0. The molecule has 1 amide bonds. The van der Waals surface area contributed by atoms with Crippen LogP contribution in [0.2, 0.25) is 0 Å². The monoisotopic (exact) mass is 327 g/mol. The summed E-state index contributed by atoms with van der Waals surface area (Å²) in [5.74, 6) is 0.306. The highest BCUT2D eigenvalue weighted by atomic mass is 16.3. The summed E-state index contributed by atoms with van der Waals surface area (Å²) >= 11 is 0. The Kier molecular flexibility index (Phi) is 17.3. The quantitative estimate of drug-likeness (QED) is 0.360. The maximum absolute atomic E-state index is 12.2. The van der Waals surface area contributed by atoms with Gasteiger partial charge < -0.3 is 10.4 Å². The Balaban J connectivity index is 3.91. The Morgan fingerprint density at radius 2 is 1.22 bits per heavy atom. The standard InChI is InChI=1S/C20H41NO2/c1-3-5-7-9-11-13-15-19(20(23)21-17-18-22)16-14-12-10-8-6-4-2/h19,22H,3-18H2,1-2H3,(H,21,23). The van der Waals surface area contributed by atoms with E-state index in [1.807, 2.05) is 0 Å². The third-order valence-electron chi connectivity index (χ3n) is 4.59. The molecule has 0 bridgehead atoms. The van der Waals surface area contributed by atoms with E-state index >= 15 is 0 Å². The van der Waals surface area contributed by atoms with Crippen LogP contribution in [0.3, 0.4) is 0 Å². The molecular formula is C20H41NO2. The SMILES string of the molecule is CCCCCCCCC(CCCCCCCC)C(=O)NCCO. The molecule has 0 aliphatic rings. The topological polar surface area (TPSA) is 49.3 Å². The molecule has 0 saturated heterocycles. The maximum atomic E-state index is 12.2. The van der Waals surface area contributed by atoms with Crippen molar-refractivity contribution in [1.82, 2.24) is 5.32 Å². The number of unbranched alkanes of at least 4 members (excludes halogenated alkanes) is 10. The number of nitrogens with one attached hydrogen (secondary N) is 1. The molecule has 0 rings (SSSR count). The minimum absolute atomic E-state index is 0.0342. The minimum atomic E-state index is 0.0342. The molecule has 0 aromatic rings. The van der Waals surface area contributed by atoms with Crippen LogP contribution < -0.4 is 5.32 Å². The van der Waals surface area contributed by atoms with E-state index in [4.69, 9.17) is 5.11 Å². The first-order chi connectivity index (χ1) is 11.3. The summed E-state index contributed by atoms with van der Waals surface area (Å²) in [4.78, 5) is 12.2. The van der Waals surface area contributed by atoms with Gasteiger partial charge in [0.1, 0.15) is 0 Å². The van der Waals surface area contributed by atoms with E-state index < -0.39 is 0 Å². The van der Waals surface area contributed by atoms with Gasteiger partial charge in [-0.05, 0) is 12.8 Å². The number of aliphatic hydroxyl groups excluding tert-OH is 1. The van der Waals surface area contributed by atoms with Gasteiger partial charge in [-0.3, -0.25) is 4.79 Å².